The third-order valence-electron chi connectivity index (χ3n) is 3.12. The van der Waals surface area contributed by atoms with E-state index in [1.807, 2.05) is 19.1 Å². The molecular weight excluding hydrogens is 278 g/mol. The highest BCUT2D eigenvalue weighted by Crippen LogP contribution is 2.29. The molecule has 0 bridgehead atoms. The molecule has 0 spiro atoms. The van der Waals surface area contributed by atoms with Crippen molar-refractivity contribution >= 4 is 33.8 Å². The summed E-state index contributed by atoms with van der Waals surface area (Å²) >= 11 is 2.89. The number of aromatic nitrogens is 1. The SMILES string of the molecule is Cc1cc(NC(=O)c2ccc(C3CCCN3)s2)sn1. The molecule has 1 unspecified atom stereocenters. The number of hydrogen-bond donors (Lipinski definition) is 2. The molecule has 0 radical (unpaired) electrons. The normalized spacial score (nSPS) is 18.7. The Labute approximate surface area is 120 Å². The van der Waals surface area contributed by atoms with Crippen LogP contribution >= 0.6 is 22.9 Å². The van der Waals surface area contributed by atoms with Gasteiger partial charge in [-0.1, -0.05) is 0 Å². The molecule has 1 saturated heterocycles. The summed E-state index contributed by atoms with van der Waals surface area (Å²) in [4.78, 5) is 14.1. The van der Waals surface area contributed by atoms with Crippen molar-refractivity contribution in [3.63, 3.8) is 0 Å². The van der Waals surface area contributed by atoms with Gasteiger partial charge in [0, 0.05) is 10.9 Å². The van der Waals surface area contributed by atoms with Crippen LogP contribution in [0.15, 0.2) is 18.2 Å². The van der Waals surface area contributed by atoms with Crippen LogP contribution in [0.2, 0.25) is 0 Å². The van der Waals surface area contributed by atoms with Crippen molar-refractivity contribution < 1.29 is 4.79 Å². The van der Waals surface area contributed by atoms with E-state index in [1.54, 1.807) is 11.3 Å². The lowest BCUT2D eigenvalue weighted by Gasteiger charge is -2.05. The van der Waals surface area contributed by atoms with Crippen LogP contribution in [-0.4, -0.2) is 16.8 Å². The Kier molecular flexibility index (Phi) is 3.63. The molecule has 1 amide bonds. The van der Waals surface area contributed by atoms with Gasteiger partial charge in [-0.15, -0.1) is 11.3 Å². The molecule has 1 aliphatic heterocycles. The zero-order chi connectivity index (χ0) is 13.2. The second-order valence-corrected chi connectivity index (χ2v) is 6.56. The summed E-state index contributed by atoms with van der Waals surface area (Å²) in [5, 5.41) is 7.14. The molecule has 0 saturated carbocycles. The van der Waals surface area contributed by atoms with Crippen LogP contribution in [-0.2, 0) is 0 Å². The Morgan fingerprint density at radius 2 is 2.42 bits per heavy atom. The number of rotatable bonds is 3. The first-order valence-corrected chi connectivity index (χ1v) is 7.89. The fraction of sp³-hybridized carbons (Fsp3) is 0.385. The topological polar surface area (TPSA) is 54.0 Å². The molecule has 3 rings (SSSR count). The molecule has 100 valence electrons. The van der Waals surface area contributed by atoms with E-state index in [1.165, 1.54) is 22.8 Å². The van der Waals surface area contributed by atoms with Gasteiger partial charge in [-0.2, -0.15) is 4.37 Å². The van der Waals surface area contributed by atoms with Gasteiger partial charge in [0.2, 0.25) is 0 Å². The average Bonchev–Trinajstić information content (AvgIpc) is 3.08. The number of anilines is 1. The van der Waals surface area contributed by atoms with E-state index in [9.17, 15) is 4.79 Å². The van der Waals surface area contributed by atoms with Crippen molar-refractivity contribution in [2.75, 3.05) is 11.9 Å². The fourth-order valence-corrected chi connectivity index (χ4v) is 3.86. The lowest BCUT2D eigenvalue weighted by molar-refractivity contribution is 0.103. The summed E-state index contributed by atoms with van der Waals surface area (Å²) in [7, 11) is 0. The number of hydrogen-bond acceptors (Lipinski definition) is 5. The van der Waals surface area contributed by atoms with Crippen molar-refractivity contribution in [2.45, 2.75) is 25.8 Å². The molecule has 6 heteroatoms. The Morgan fingerprint density at radius 3 is 3.11 bits per heavy atom. The highest BCUT2D eigenvalue weighted by atomic mass is 32.1. The van der Waals surface area contributed by atoms with Crippen LogP contribution in [0.4, 0.5) is 5.00 Å². The highest BCUT2D eigenvalue weighted by Gasteiger charge is 2.19. The smallest absolute Gasteiger partial charge is 0.266 e. The monoisotopic (exact) mass is 293 g/mol. The van der Waals surface area contributed by atoms with Gasteiger partial charge in [0.05, 0.1) is 10.6 Å². The van der Waals surface area contributed by atoms with Gasteiger partial charge in [-0.25, -0.2) is 0 Å². The number of carbonyl (C=O) groups is 1. The van der Waals surface area contributed by atoms with Gasteiger partial charge >= 0.3 is 0 Å². The van der Waals surface area contributed by atoms with Gasteiger partial charge in [0.15, 0.2) is 0 Å². The maximum Gasteiger partial charge on any atom is 0.266 e. The quantitative estimate of drug-likeness (QED) is 0.914. The number of nitrogens with zero attached hydrogens (tertiary/aromatic N) is 1. The van der Waals surface area contributed by atoms with Crippen LogP contribution in [0.25, 0.3) is 0 Å². The van der Waals surface area contributed by atoms with Gasteiger partial charge < -0.3 is 10.6 Å². The van der Waals surface area contributed by atoms with Gasteiger partial charge in [-0.3, -0.25) is 4.79 Å². The maximum atomic E-state index is 12.1. The summed E-state index contributed by atoms with van der Waals surface area (Å²) in [5.41, 5.74) is 0.933. The Hall–Kier alpha value is -1.24. The first-order chi connectivity index (χ1) is 9.22. The van der Waals surface area contributed by atoms with E-state index >= 15 is 0 Å². The molecule has 0 aromatic carbocycles. The number of nitrogens with one attached hydrogen (secondary N) is 2. The molecule has 2 N–H and O–H groups in total. The van der Waals surface area contributed by atoms with E-state index in [0.29, 0.717) is 6.04 Å². The largest absolute Gasteiger partial charge is 0.312 e. The van der Waals surface area contributed by atoms with Gasteiger partial charge in [-0.05, 0) is 56.0 Å². The van der Waals surface area contributed by atoms with E-state index in [2.05, 4.69) is 21.1 Å². The molecule has 1 fully saturated rings. The number of aryl methyl sites for hydroxylation is 1. The Bertz CT molecular complexity index is 584. The molecule has 4 nitrogen and oxygen atoms in total. The predicted octanol–water partition coefficient (Wildman–Crippen LogP) is 3.19. The first kappa shape index (κ1) is 12.8. The van der Waals surface area contributed by atoms with Crippen LogP contribution in [0, 0.1) is 6.92 Å². The lowest BCUT2D eigenvalue weighted by atomic mass is 10.2. The predicted molar refractivity (Wildman–Crippen MR) is 79.1 cm³/mol. The molecule has 2 aromatic heterocycles. The number of amides is 1. The second kappa shape index (κ2) is 5.40. The van der Waals surface area contributed by atoms with Gasteiger partial charge in [0.1, 0.15) is 5.00 Å². The Morgan fingerprint density at radius 1 is 1.53 bits per heavy atom. The van der Waals surface area contributed by atoms with Crippen LogP contribution < -0.4 is 10.6 Å². The molecule has 3 heterocycles. The van der Waals surface area contributed by atoms with Crippen LogP contribution in [0.1, 0.15) is 39.1 Å². The van der Waals surface area contributed by atoms with Crippen molar-refractivity contribution in [3.05, 3.63) is 33.6 Å². The van der Waals surface area contributed by atoms with E-state index < -0.39 is 0 Å². The summed E-state index contributed by atoms with van der Waals surface area (Å²) in [6.07, 6.45) is 2.37. The van der Waals surface area contributed by atoms with E-state index in [0.717, 1.165) is 28.5 Å². The molecule has 19 heavy (non-hydrogen) atoms. The number of carbonyl (C=O) groups excluding carboxylic acids is 1. The second-order valence-electron chi connectivity index (χ2n) is 4.64. The van der Waals surface area contributed by atoms with Crippen LogP contribution in [0.5, 0.6) is 0 Å². The van der Waals surface area contributed by atoms with Crippen molar-refractivity contribution in [3.8, 4) is 0 Å². The van der Waals surface area contributed by atoms with Crippen molar-refractivity contribution in [2.24, 2.45) is 0 Å². The minimum atomic E-state index is -0.0436. The molecule has 1 aliphatic rings. The molecule has 2 aromatic rings. The summed E-state index contributed by atoms with van der Waals surface area (Å²) < 4.78 is 4.15. The van der Waals surface area contributed by atoms with Crippen LogP contribution in [0.3, 0.4) is 0 Å². The summed E-state index contributed by atoms with van der Waals surface area (Å²) in [6.45, 7) is 2.99. The minimum absolute atomic E-state index is 0.0436. The van der Waals surface area contributed by atoms with E-state index in [-0.39, 0.29) is 5.91 Å². The van der Waals surface area contributed by atoms with Crippen molar-refractivity contribution in [1.82, 2.24) is 9.69 Å². The standard InChI is InChI=1S/C13H15N3OS2/c1-8-7-12(19-16-8)15-13(17)11-5-4-10(18-11)9-3-2-6-14-9/h4-5,7,9,14H,2-3,6H2,1H3,(H,15,17). The minimum Gasteiger partial charge on any atom is -0.312 e. The van der Waals surface area contributed by atoms with Gasteiger partial charge in [0.25, 0.3) is 5.91 Å². The molecular formula is C13H15N3OS2. The van der Waals surface area contributed by atoms with E-state index in [4.69, 9.17) is 0 Å². The summed E-state index contributed by atoms with van der Waals surface area (Å²) in [5.74, 6) is -0.0436. The zero-order valence-electron chi connectivity index (χ0n) is 10.6. The number of thiophene rings is 1. The molecule has 1 atom stereocenters. The fourth-order valence-electron chi connectivity index (χ4n) is 2.19. The third kappa shape index (κ3) is 2.86. The first-order valence-electron chi connectivity index (χ1n) is 6.30. The lowest BCUT2D eigenvalue weighted by Crippen LogP contribution is -2.11. The third-order valence-corrected chi connectivity index (χ3v) is 5.11. The summed E-state index contributed by atoms with van der Waals surface area (Å²) in [6, 6.07) is 6.27. The average molecular weight is 293 g/mol. The Balaban J connectivity index is 1.69. The zero-order valence-corrected chi connectivity index (χ0v) is 12.2. The highest BCUT2D eigenvalue weighted by molar-refractivity contribution is 7.14. The maximum absolute atomic E-state index is 12.1. The molecule has 0 aliphatic carbocycles. The van der Waals surface area contributed by atoms with Crippen molar-refractivity contribution in [1.29, 1.82) is 0 Å².